The summed E-state index contributed by atoms with van der Waals surface area (Å²) in [6, 6.07) is 1.90. The van der Waals surface area contributed by atoms with E-state index >= 15 is 0 Å². The summed E-state index contributed by atoms with van der Waals surface area (Å²) in [4.78, 5) is 43.3. The summed E-state index contributed by atoms with van der Waals surface area (Å²) in [6.07, 6.45) is -1.01. The number of nitro benzene ring substituents is 1. The van der Waals surface area contributed by atoms with Gasteiger partial charge in [-0.2, -0.15) is 0 Å². The predicted octanol–water partition coefficient (Wildman–Crippen LogP) is 0.770. The second-order valence-electron chi connectivity index (χ2n) is 3.82. The summed E-state index contributed by atoms with van der Waals surface area (Å²) in [5.41, 5.74) is -0.928. The number of aliphatic carboxylic acids is 1. The van der Waals surface area contributed by atoms with Gasteiger partial charge in [0.1, 0.15) is 6.42 Å². The van der Waals surface area contributed by atoms with Gasteiger partial charge >= 0.3 is 23.6 Å². The summed E-state index contributed by atoms with van der Waals surface area (Å²) in [5, 5.41) is 19.4. The molecule has 0 bridgehead atoms. The third-order valence-electron chi connectivity index (χ3n) is 2.39. The van der Waals surface area contributed by atoms with Gasteiger partial charge in [0.15, 0.2) is 5.75 Å². The Kier molecular flexibility index (Phi) is 5.38. The lowest BCUT2D eigenvalue weighted by molar-refractivity contribution is -0.385. The highest BCUT2D eigenvalue weighted by molar-refractivity contribution is 6.01. The second kappa shape index (κ2) is 7.02. The highest BCUT2D eigenvalue weighted by Gasteiger charge is 2.25. The minimum atomic E-state index is -1.48. The average Bonchev–Trinajstić information content (AvgIpc) is 2.44. The molecule has 0 amide bonds. The summed E-state index contributed by atoms with van der Waals surface area (Å²) in [5.74, 6) is -4.34. The number of benzene rings is 1. The molecule has 0 saturated carbocycles. The van der Waals surface area contributed by atoms with E-state index in [1.807, 2.05) is 0 Å². The number of methoxy groups -OCH3 is 2. The zero-order valence-electron chi connectivity index (χ0n) is 11.5. The molecule has 22 heavy (non-hydrogen) atoms. The van der Waals surface area contributed by atoms with Crippen LogP contribution in [0, 0.1) is 10.1 Å². The van der Waals surface area contributed by atoms with Crippen molar-refractivity contribution in [3.63, 3.8) is 0 Å². The monoisotopic (exact) mass is 313 g/mol. The molecule has 0 saturated heterocycles. The SMILES string of the molecule is COc1cc(C(=O)OC(=O)CC(=O)O)cc([N+](=O)[O-])c1OC. The van der Waals surface area contributed by atoms with Crippen molar-refractivity contribution in [2.45, 2.75) is 6.42 Å². The van der Waals surface area contributed by atoms with Gasteiger partial charge in [0.25, 0.3) is 0 Å². The van der Waals surface area contributed by atoms with Gasteiger partial charge in [0.05, 0.1) is 24.7 Å². The molecule has 0 aliphatic rings. The van der Waals surface area contributed by atoms with E-state index in [9.17, 15) is 24.5 Å². The lowest BCUT2D eigenvalue weighted by Crippen LogP contribution is -2.16. The first-order valence-corrected chi connectivity index (χ1v) is 5.67. The first-order valence-electron chi connectivity index (χ1n) is 5.67. The van der Waals surface area contributed by atoms with Crippen LogP contribution in [-0.4, -0.2) is 42.2 Å². The Balaban J connectivity index is 3.17. The highest BCUT2D eigenvalue weighted by Crippen LogP contribution is 2.38. The van der Waals surface area contributed by atoms with Gasteiger partial charge in [-0.25, -0.2) is 4.79 Å². The Morgan fingerprint density at radius 3 is 2.32 bits per heavy atom. The first-order chi connectivity index (χ1) is 10.3. The highest BCUT2D eigenvalue weighted by atomic mass is 16.6. The van der Waals surface area contributed by atoms with Gasteiger partial charge in [-0.05, 0) is 6.07 Å². The number of rotatable bonds is 6. The topological polar surface area (TPSA) is 142 Å². The summed E-state index contributed by atoms with van der Waals surface area (Å²) in [6.45, 7) is 0. The van der Waals surface area contributed by atoms with Gasteiger partial charge < -0.3 is 19.3 Å². The van der Waals surface area contributed by atoms with Gasteiger partial charge in [-0.15, -0.1) is 0 Å². The average molecular weight is 313 g/mol. The number of carbonyl (C=O) groups is 3. The maximum Gasteiger partial charge on any atom is 0.346 e. The molecule has 0 unspecified atom stereocenters. The number of hydrogen-bond acceptors (Lipinski definition) is 8. The molecular weight excluding hydrogens is 302 g/mol. The fraction of sp³-hybridized carbons (Fsp3) is 0.250. The van der Waals surface area contributed by atoms with Crippen LogP contribution in [0.5, 0.6) is 11.5 Å². The molecule has 0 aliphatic carbocycles. The Bertz CT molecular complexity index is 638. The molecule has 0 atom stereocenters. The van der Waals surface area contributed by atoms with E-state index in [1.165, 1.54) is 14.2 Å². The molecule has 1 aromatic carbocycles. The third kappa shape index (κ3) is 3.91. The molecule has 1 rings (SSSR count). The predicted molar refractivity (Wildman–Crippen MR) is 68.9 cm³/mol. The molecule has 0 spiro atoms. The zero-order chi connectivity index (χ0) is 16.9. The molecule has 0 aliphatic heterocycles. The normalized spacial score (nSPS) is 9.73. The molecule has 1 aromatic rings. The van der Waals surface area contributed by atoms with Gasteiger partial charge in [-0.3, -0.25) is 19.7 Å². The number of ether oxygens (including phenoxy) is 3. The molecule has 0 radical (unpaired) electrons. The van der Waals surface area contributed by atoms with E-state index in [0.29, 0.717) is 0 Å². The van der Waals surface area contributed by atoms with Crippen molar-refractivity contribution in [1.82, 2.24) is 0 Å². The number of carboxylic acids is 1. The molecule has 0 aromatic heterocycles. The van der Waals surface area contributed by atoms with E-state index < -0.39 is 34.9 Å². The smallest absolute Gasteiger partial charge is 0.346 e. The second-order valence-corrected chi connectivity index (χ2v) is 3.82. The van der Waals surface area contributed by atoms with Gasteiger partial charge in [0, 0.05) is 6.07 Å². The largest absolute Gasteiger partial charge is 0.493 e. The van der Waals surface area contributed by atoms with Crippen LogP contribution >= 0.6 is 0 Å². The molecular formula is C12H11NO9. The fourth-order valence-electron chi connectivity index (χ4n) is 1.52. The number of carboxylic acid groups (broad SMARTS) is 1. The number of carbonyl (C=O) groups excluding carboxylic acids is 2. The molecule has 0 fully saturated rings. The maximum atomic E-state index is 11.7. The van der Waals surface area contributed by atoms with Crippen molar-refractivity contribution in [1.29, 1.82) is 0 Å². The maximum absolute atomic E-state index is 11.7. The number of nitro groups is 1. The number of nitrogens with zero attached hydrogens (tertiary/aromatic N) is 1. The quantitative estimate of drug-likeness (QED) is 0.348. The summed E-state index contributed by atoms with van der Waals surface area (Å²) in [7, 11) is 2.38. The van der Waals surface area contributed by atoms with Crippen LogP contribution in [-0.2, 0) is 14.3 Å². The standard InChI is InChI=1S/C12H11NO9/c1-20-8-4-6(3-7(13(18)19)11(8)21-2)12(17)22-10(16)5-9(14)15/h3-4H,5H2,1-2H3,(H,14,15). The van der Waals surface area contributed by atoms with Crippen LogP contribution < -0.4 is 9.47 Å². The van der Waals surface area contributed by atoms with E-state index in [1.54, 1.807) is 0 Å². The van der Waals surface area contributed by atoms with E-state index in [4.69, 9.17) is 14.6 Å². The fourth-order valence-corrected chi connectivity index (χ4v) is 1.52. The van der Waals surface area contributed by atoms with Crippen molar-refractivity contribution in [2.75, 3.05) is 14.2 Å². The number of hydrogen-bond donors (Lipinski definition) is 1. The molecule has 118 valence electrons. The third-order valence-corrected chi connectivity index (χ3v) is 2.39. The van der Waals surface area contributed by atoms with Crippen LogP contribution in [0.4, 0.5) is 5.69 Å². The molecule has 10 heteroatoms. The minimum absolute atomic E-state index is 0.116. The van der Waals surface area contributed by atoms with Crippen LogP contribution in [0.25, 0.3) is 0 Å². The zero-order valence-corrected chi connectivity index (χ0v) is 11.5. The Morgan fingerprint density at radius 2 is 1.86 bits per heavy atom. The van der Waals surface area contributed by atoms with Crippen molar-refractivity contribution in [2.24, 2.45) is 0 Å². The van der Waals surface area contributed by atoms with Gasteiger partial charge in [-0.1, -0.05) is 0 Å². The molecule has 0 heterocycles. The Hall–Kier alpha value is -3.17. The summed E-state index contributed by atoms with van der Waals surface area (Å²) < 4.78 is 14.0. The number of esters is 2. The van der Waals surface area contributed by atoms with Crippen molar-refractivity contribution >= 4 is 23.6 Å². The Morgan fingerprint density at radius 1 is 1.23 bits per heavy atom. The van der Waals surface area contributed by atoms with E-state index in [0.717, 1.165) is 12.1 Å². The van der Waals surface area contributed by atoms with Crippen molar-refractivity contribution in [3.05, 3.63) is 27.8 Å². The van der Waals surface area contributed by atoms with Crippen molar-refractivity contribution < 1.29 is 38.6 Å². The lowest BCUT2D eigenvalue weighted by Gasteiger charge is -2.09. The molecule has 10 nitrogen and oxygen atoms in total. The van der Waals surface area contributed by atoms with E-state index in [2.05, 4.69) is 4.74 Å². The van der Waals surface area contributed by atoms with Gasteiger partial charge in [0.2, 0.25) is 5.75 Å². The summed E-state index contributed by atoms with van der Waals surface area (Å²) >= 11 is 0. The van der Waals surface area contributed by atoms with Crippen LogP contribution in [0.2, 0.25) is 0 Å². The van der Waals surface area contributed by atoms with Crippen LogP contribution in [0.1, 0.15) is 16.8 Å². The Labute approximate surface area is 123 Å². The minimum Gasteiger partial charge on any atom is -0.493 e. The molecule has 1 N–H and O–H groups in total. The van der Waals surface area contributed by atoms with Crippen LogP contribution in [0.3, 0.4) is 0 Å². The van der Waals surface area contributed by atoms with Crippen molar-refractivity contribution in [3.8, 4) is 11.5 Å². The lowest BCUT2D eigenvalue weighted by atomic mass is 10.1. The first kappa shape index (κ1) is 16.9. The van der Waals surface area contributed by atoms with Crippen LogP contribution in [0.15, 0.2) is 12.1 Å². The van der Waals surface area contributed by atoms with E-state index in [-0.39, 0.29) is 17.1 Å².